The van der Waals surface area contributed by atoms with E-state index in [-0.39, 0.29) is 47.5 Å². The van der Waals surface area contributed by atoms with Crippen LogP contribution in [-0.4, -0.2) is 32.6 Å². The number of benzene rings is 4. The highest BCUT2D eigenvalue weighted by Crippen LogP contribution is 2.29. The predicted octanol–water partition coefficient (Wildman–Crippen LogP) is 6.93. The summed E-state index contributed by atoms with van der Waals surface area (Å²) in [6.07, 6.45) is 0. The quantitative estimate of drug-likeness (QED) is 0.202. The third-order valence-electron chi connectivity index (χ3n) is 7.05. The van der Waals surface area contributed by atoms with Crippen LogP contribution in [0.15, 0.2) is 95.9 Å². The summed E-state index contributed by atoms with van der Waals surface area (Å²) < 4.78 is 54.4. The summed E-state index contributed by atoms with van der Waals surface area (Å²) in [6.45, 7) is 7.42. The Bertz CT molecular complexity index is 1710. The van der Waals surface area contributed by atoms with E-state index >= 15 is 0 Å². The van der Waals surface area contributed by atoms with Crippen molar-refractivity contribution in [2.24, 2.45) is 0 Å². The molecule has 0 bridgehead atoms. The largest absolute Gasteiger partial charge is 0.490 e. The van der Waals surface area contributed by atoms with E-state index in [0.29, 0.717) is 23.5 Å². The molecule has 0 fully saturated rings. The molecule has 0 unspecified atom stereocenters. The third kappa shape index (κ3) is 7.45. The molecule has 8 nitrogen and oxygen atoms in total. The van der Waals surface area contributed by atoms with E-state index in [1.807, 2.05) is 54.6 Å². The second-order valence-corrected chi connectivity index (χ2v) is 13.0. The van der Waals surface area contributed by atoms with E-state index in [4.69, 9.17) is 9.47 Å². The normalized spacial score (nSPS) is 12.9. The lowest BCUT2D eigenvalue weighted by atomic mass is 9.87. The fourth-order valence-electron chi connectivity index (χ4n) is 4.65. The van der Waals surface area contributed by atoms with E-state index in [9.17, 15) is 17.6 Å². The molecule has 43 heavy (non-hydrogen) atoms. The molecule has 4 aromatic carbocycles. The van der Waals surface area contributed by atoms with Gasteiger partial charge in [-0.15, -0.1) is 0 Å². The standard InChI is InChI=1S/C33H34FN3O5S/c1-33(2,3)25-10-12-26(13-11-25)35-32(38)37-21-23-9-15-29(19-24(23)22-37)43(39,40)36-31-16-14-28(20-30(31)34)42-18-17-41-27-7-5-4-6-8-27/h4-16,19-20,36H,17-18,21-22H2,1-3H3,(H,35,38). The minimum atomic E-state index is -4.09. The number of urea groups is 1. The van der Waals surface area contributed by atoms with Crippen LogP contribution in [0.5, 0.6) is 11.5 Å². The molecule has 5 rings (SSSR count). The van der Waals surface area contributed by atoms with Crippen molar-refractivity contribution in [3.63, 3.8) is 0 Å². The van der Waals surface area contributed by atoms with Crippen molar-refractivity contribution in [2.45, 2.75) is 44.2 Å². The minimum Gasteiger partial charge on any atom is -0.490 e. The molecular formula is C33H34FN3O5S. The molecule has 0 aromatic heterocycles. The highest BCUT2D eigenvalue weighted by Gasteiger charge is 2.26. The van der Waals surface area contributed by atoms with Gasteiger partial charge in [0.1, 0.15) is 24.7 Å². The van der Waals surface area contributed by atoms with Crippen LogP contribution in [-0.2, 0) is 28.5 Å². The SMILES string of the molecule is CC(C)(C)c1ccc(NC(=O)N2Cc3ccc(S(=O)(=O)Nc4ccc(OCCOc5ccccc5)cc4F)cc3C2)cc1. The molecule has 224 valence electrons. The zero-order valence-electron chi connectivity index (χ0n) is 24.3. The summed E-state index contributed by atoms with van der Waals surface area (Å²) >= 11 is 0. The highest BCUT2D eigenvalue weighted by atomic mass is 32.2. The van der Waals surface area contributed by atoms with Crippen molar-refractivity contribution in [3.8, 4) is 11.5 Å². The Balaban J connectivity index is 1.17. The molecule has 0 saturated heterocycles. The summed E-state index contributed by atoms with van der Waals surface area (Å²) in [5.41, 5.74) is 3.21. The molecule has 0 saturated carbocycles. The van der Waals surface area contributed by atoms with Gasteiger partial charge in [0.25, 0.3) is 10.0 Å². The molecule has 2 amide bonds. The smallest absolute Gasteiger partial charge is 0.322 e. The number of fused-ring (bicyclic) bond motifs is 1. The zero-order valence-corrected chi connectivity index (χ0v) is 25.1. The topological polar surface area (TPSA) is 97.0 Å². The monoisotopic (exact) mass is 603 g/mol. The number of halogens is 1. The first-order chi connectivity index (χ1) is 20.5. The maximum Gasteiger partial charge on any atom is 0.322 e. The summed E-state index contributed by atoms with van der Waals surface area (Å²) in [6, 6.07) is 25.3. The van der Waals surface area contributed by atoms with Gasteiger partial charge in [-0.05, 0) is 70.6 Å². The van der Waals surface area contributed by atoms with Gasteiger partial charge in [0.2, 0.25) is 0 Å². The number of nitrogens with one attached hydrogen (secondary N) is 2. The molecule has 0 aliphatic carbocycles. The maximum atomic E-state index is 14.8. The van der Waals surface area contributed by atoms with Gasteiger partial charge >= 0.3 is 6.03 Å². The predicted molar refractivity (Wildman–Crippen MR) is 164 cm³/mol. The van der Waals surface area contributed by atoms with Crippen LogP contribution in [0.2, 0.25) is 0 Å². The first kappa shape index (κ1) is 29.9. The molecular weight excluding hydrogens is 569 g/mol. The van der Waals surface area contributed by atoms with Crippen molar-refractivity contribution >= 4 is 27.4 Å². The Morgan fingerprint density at radius 3 is 2.19 bits per heavy atom. The number of hydrogen-bond acceptors (Lipinski definition) is 5. The van der Waals surface area contributed by atoms with Crippen LogP contribution in [0.1, 0.15) is 37.5 Å². The first-order valence-electron chi connectivity index (χ1n) is 13.9. The lowest BCUT2D eigenvalue weighted by Crippen LogP contribution is -2.30. The molecule has 0 spiro atoms. The number of anilines is 2. The lowest BCUT2D eigenvalue weighted by Gasteiger charge is -2.20. The Hall–Kier alpha value is -4.57. The number of hydrogen-bond donors (Lipinski definition) is 2. The summed E-state index contributed by atoms with van der Waals surface area (Å²) in [5, 5.41) is 2.91. The zero-order chi connectivity index (χ0) is 30.6. The molecule has 1 heterocycles. The Labute approximate surface area is 251 Å². The third-order valence-corrected chi connectivity index (χ3v) is 8.41. The number of sulfonamides is 1. The molecule has 0 atom stereocenters. The van der Waals surface area contributed by atoms with Crippen molar-refractivity contribution in [3.05, 3.63) is 114 Å². The maximum absolute atomic E-state index is 14.8. The van der Waals surface area contributed by atoms with Gasteiger partial charge in [0.05, 0.1) is 10.6 Å². The van der Waals surface area contributed by atoms with Gasteiger partial charge in [-0.1, -0.05) is 57.2 Å². The van der Waals surface area contributed by atoms with Crippen molar-refractivity contribution in [2.75, 3.05) is 23.3 Å². The fraction of sp³-hybridized carbons (Fsp3) is 0.242. The number of amides is 2. The van der Waals surface area contributed by atoms with Gasteiger partial charge in [-0.3, -0.25) is 4.72 Å². The van der Waals surface area contributed by atoms with E-state index in [1.165, 1.54) is 24.3 Å². The number of carbonyl (C=O) groups excluding carboxylic acids is 1. The van der Waals surface area contributed by atoms with Gasteiger partial charge < -0.3 is 19.7 Å². The molecule has 1 aliphatic rings. The van der Waals surface area contributed by atoms with Crippen molar-refractivity contribution < 1.29 is 27.1 Å². The fourth-order valence-corrected chi connectivity index (χ4v) is 5.76. The lowest BCUT2D eigenvalue weighted by molar-refractivity contribution is 0.212. The number of rotatable bonds is 9. The van der Waals surface area contributed by atoms with Gasteiger partial charge in [-0.25, -0.2) is 17.6 Å². The number of carbonyl (C=O) groups is 1. The van der Waals surface area contributed by atoms with Crippen LogP contribution >= 0.6 is 0 Å². The highest BCUT2D eigenvalue weighted by molar-refractivity contribution is 7.92. The van der Waals surface area contributed by atoms with E-state index < -0.39 is 15.8 Å². The second kappa shape index (κ2) is 12.3. The number of nitrogens with zero attached hydrogens (tertiary/aromatic N) is 1. The van der Waals surface area contributed by atoms with Crippen molar-refractivity contribution in [1.82, 2.24) is 4.90 Å². The van der Waals surface area contributed by atoms with Gasteiger partial charge in [-0.2, -0.15) is 0 Å². The van der Waals surface area contributed by atoms with Crippen LogP contribution in [0.3, 0.4) is 0 Å². The molecule has 4 aromatic rings. The summed E-state index contributed by atoms with van der Waals surface area (Å²) in [5.74, 6) is 0.175. The average Bonchev–Trinajstić information content (AvgIpc) is 3.41. The van der Waals surface area contributed by atoms with Crippen LogP contribution in [0.4, 0.5) is 20.6 Å². The Morgan fingerprint density at radius 1 is 0.837 bits per heavy atom. The Kier molecular flexibility index (Phi) is 8.59. The molecule has 10 heteroatoms. The van der Waals surface area contributed by atoms with Gasteiger partial charge in [0, 0.05) is 24.8 Å². The minimum absolute atomic E-state index is 0.00816. The van der Waals surface area contributed by atoms with E-state index in [2.05, 4.69) is 30.8 Å². The van der Waals surface area contributed by atoms with E-state index in [1.54, 1.807) is 11.0 Å². The molecule has 1 aliphatic heterocycles. The van der Waals surface area contributed by atoms with Gasteiger partial charge in [0.15, 0.2) is 5.82 Å². The summed E-state index contributed by atoms with van der Waals surface area (Å²) in [7, 11) is -4.09. The van der Waals surface area contributed by atoms with E-state index in [0.717, 1.165) is 17.2 Å². The molecule has 2 N–H and O–H groups in total. The van der Waals surface area contributed by atoms with Crippen LogP contribution < -0.4 is 19.5 Å². The average molecular weight is 604 g/mol. The second-order valence-electron chi connectivity index (χ2n) is 11.3. The van der Waals surface area contributed by atoms with Crippen molar-refractivity contribution in [1.29, 1.82) is 0 Å². The number of ether oxygens (including phenoxy) is 2. The summed E-state index contributed by atoms with van der Waals surface area (Å²) in [4.78, 5) is 14.5. The molecule has 0 radical (unpaired) electrons. The van der Waals surface area contributed by atoms with Crippen LogP contribution in [0, 0.1) is 5.82 Å². The van der Waals surface area contributed by atoms with Crippen LogP contribution in [0.25, 0.3) is 0 Å². The number of para-hydroxylation sites is 1. The first-order valence-corrected chi connectivity index (χ1v) is 15.4. The Morgan fingerprint density at radius 2 is 1.51 bits per heavy atom.